The third-order valence-electron chi connectivity index (χ3n) is 9.53. The van der Waals surface area contributed by atoms with Gasteiger partial charge in [-0.2, -0.15) is 0 Å². The summed E-state index contributed by atoms with van der Waals surface area (Å²) in [6.45, 7) is 4.50. The lowest BCUT2D eigenvalue weighted by Gasteiger charge is -2.39. The maximum atomic E-state index is 14.4. The number of ether oxygens (including phenoxy) is 1. The number of hydrogen-bond acceptors (Lipinski definition) is 6. The highest BCUT2D eigenvalue weighted by atomic mass is 35.5. The predicted molar refractivity (Wildman–Crippen MR) is 183 cm³/mol. The molecule has 0 radical (unpaired) electrons. The van der Waals surface area contributed by atoms with Gasteiger partial charge < -0.3 is 20.7 Å². The Balaban J connectivity index is 1.49. The van der Waals surface area contributed by atoms with Crippen molar-refractivity contribution in [1.29, 1.82) is 0 Å². The Labute approximate surface area is 291 Å². The molecule has 12 heteroatoms. The molecule has 2 aromatic carbocycles. The smallest absolute Gasteiger partial charge is 0.410 e. The maximum absolute atomic E-state index is 14.4. The van der Waals surface area contributed by atoms with Crippen LogP contribution in [0, 0.1) is 11.8 Å². The minimum absolute atomic E-state index is 0.0255. The van der Waals surface area contributed by atoms with E-state index in [2.05, 4.69) is 16.0 Å². The fourth-order valence-corrected chi connectivity index (χ4v) is 7.22. The highest BCUT2D eigenvalue weighted by Crippen LogP contribution is 2.43. The average molecular weight is 700 g/mol. The van der Waals surface area contributed by atoms with Crippen LogP contribution in [0.4, 0.5) is 4.79 Å². The number of carbonyl (C=O) groups excluding carboxylic acids is 5. The summed E-state index contributed by atoms with van der Waals surface area (Å²) < 4.78 is 5.86. The molecule has 48 heavy (non-hydrogen) atoms. The molecule has 3 fully saturated rings. The van der Waals surface area contributed by atoms with Crippen LogP contribution in [0.15, 0.2) is 48.5 Å². The van der Waals surface area contributed by atoms with Gasteiger partial charge in [0.15, 0.2) is 0 Å². The Bertz CT molecular complexity index is 1520. The van der Waals surface area contributed by atoms with Crippen LogP contribution in [-0.4, -0.2) is 65.7 Å². The Morgan fingerprint density at radius 3 is 2.29 bits per heavy atom. The SMILES string of the molecule is CC(C)CC(C(=O)NC(CC1CCNC1=O)C(=O)C(=O)NC1CC1)N(CC1(c2cccc(Cl)c2)CCCC1)C(=O)Oc1cccc(Cl)c1. The normalized spacial score (nSPS) is 19.7. The van der Waals surface area contributed by atoms with Crippen molar-refractivity contribution < 1.29 is 28.7 Å². The molecule has 3 unspecified atom stereocenters. The number of hydrogen-bond donors (Lipinski definition) is 3. The summed E-state index contributed by atoms with van der Waals surface area (Å²) in [6, 6.07) is 11.7. The number of amides is 4. The van der Waals surface area contributed by atoms with E-state index in [9.17, 15) is 24.0 Å². The Hall–Kier alpha value is -3.63. The van der Waals surface area contributed by atoms with Crippen molar-refractivity contribution in [3.05, 3.63) is 64.1 Å². The van der Waals surface area contributed by atoms with E-state index in [0.29, 0.717) is 23.0 Å². The first kappa shape index (κ1) is 35.7. The van der Waals surface area contributed by atoms with Crippen LogP contribution >= 0.6 is 23.2 Å². The van der Waals surface area contributed by atoms with Gasteiger partial charge in [-0.25, -0.2) is 4.79 Å². The molecule has 2 aromatic rings. The number of halogens is 2. The van der Waals surface area contributed by atoms with Crippen molar-refractivity contribution in [1.82, 2.24) is 20.9 Å². The number of nitrogens with one attached hydrogen (secondary N) is 3. The quantitative estimate of drug-likeness (QED) is 0.221. The molecule has 258 valence electrons. The molecule has 0 spiro atoms. The molecule has 2 aliphatic carbocycles. The number of nitrogens with zero attached hydrogens (tertiary/aromatic N) is 1. The Morgan fingerprint density at radius 2 is 1.69 bits per heavy atom. The van der Waals surface area contributed by atoms with E-state index in [-0.39, 0.29) is 43.0 Å². The van der Waals surface area contributed by atoms with Gasteiger partial charge in [-0.15, -0.1) is 0 Å². The number of Topliss-reactive ketones (excluding diaryl/α,β-unsaturated/α-hetero) is 1. The molecule has 1 aliphatic heterocycles. The van der Waals surface area contributed by atoms with Gasteiger partial charge in [-0.05, 0) is 86.8 Å². The standard InChI is InChI=1S/C36H44Cl2N4O6/c1-22(2)17-30(33(45)41-29(18-23-13-16-39-32(23)44)31(43)34(46)40-27-11-12-27)42(35(47)48-28-10-6-9-26(38)20-28)21-36(14-3-4-15-36)24-7-5-8-25(37)19-24/h5-10,19-20,22-23,27,29-30H,3-4,11-18,21H2,1-2H3,(H,39,44)(H,40,46)(H,41,45). The fourth-order valence-electron chi connectivity index (χ4n) is 6.84. The van der Waals surface area contributed by atoms with E-state index in [1.807, 2.05) is 32.0 Å². The number of carbonyl (C=O) groups is 5. The third kappa shape index (κ3) is 9.08. The van der Waals surface area contributed by atoms with E-state index < -0.39 is 47.1 Å². The summed E-state index contributed by atoms with van der Waals surface area (Å²) >= 11 is 12.6. The highest BCUT2D eigenvalue weighted by molar-refractivity contribution is 6.38. The zero-order chi connectivity index (χ0) is 34.4. The minimum Gasteiger partial charge on any atom is -0.410 e. The molecule has 4 amide bonds. The van der Waals surface area contributed by atoms with Gasteiger partial charge in [0.25, 0.3) is 5.91 Å². The molecular weight excluding hydrogens is 655 g/mol. The zero-order valence-corrected chi connectivity index (χ0v) is 28.9. The Morgan fingerprint density at radius 1 is 1.00 bits per heavy atom. The summed E-state index contributed by atoms with van der Waals surface area (Å²) in [5, 5.41) is 9.24. The maximum Gasteiger partial charge on any atom is 0.415 e. The molecule has 0 bridgehead atoms. The lowest BCUT2D eigenvalue weighted by Crippen LogP contribution is -2.58. The largest absolute Gasteiger partial charge is 0.415 e. The van der Waals surface area contributed by atoms with Crippen molar-refractivity contribution in [2.75, 3.05) is 13.1 Å². The minimum atomic E-state index is -1.25. The van der Waals surface area contributed by atoms with Crippen LogP contribution in [0.25, 0.3) is 0 Å². The third-order valence-corrected chi connectivity index (χ3v) is 10.0. The fraction of sp³-hybridized carbons (Fsp3) is 0.528. The van der Waals surface area contributed by atoms with E-state index in [1.165, 1.54) is 11.0 Å². The second-order valence-electron chi connectivity index (χ2n) is 13.8. The summed E-state index contributed by atoms with van der Waals surface area (Å²) in [5.74, 6) is -2.77. The van der Waals surface area contributed by atoms with E-state index in [1.54, 1.807) is 24.3 Å². The van der Waals surface area contributed by atoms with Crippen LogP contribution in [-0.2, 0) is 24.6 Å². The lowest BCUT2D eigenvalue weighted by atomic mass is 9.78. The van der Waals surface area contributed by atoms with E-state index in [0.717, 1.165) is 44.1 Å². The van der Waals surface area contributed by atoms with Crippen molar-refractivity contribution in [3.8, 4) is 5.75 Å². The second-order valence-corrected chi connectivity index (χ2v) is 14.7. The molecule has 10 nitrogen and oxygen atoms in total. The molecule has 3 aliphatic rings. The number of ketones is 1. The topological polar surface area (TPSA) is 134 Å². The van der Waals surface area contributed by atoms with Gasteiger partial charge in [0.2, 0.25) is 17.6 Å². The number of rotatable bonds is 14. The van der Waals surface area contributed by atoms with Crippen molar-refractivity contribution >= 4 is 52.8 Å². The van der Waals surface area contributed by atoms with Crippen LogP contribution < -0.4 is 20.7 Å². The summed E-state index contributed by atoms with van der Waals surface area (Å²) in [4.78, 5) is 69.1. The molecule has 2 saturated carbocycles. The first-order chi connectivity index (χ1) is 22.9. The van der Waals surface area contributed by atoms with Gasteiger partial charge in [0, 0.05) is 40.5 Å². The lowest BCUT2D eigenvalue weighted by molar-refractivity contribution is -0.141. The van der Waals surface area contributed by atoms with Gasteiger partial charge in [0.05, 0.1) is 6.04 Å². The molecule has 3 atom stereocenters. The van der Waals surface area contributed by atoms with Crippen LogP contribution in [0.1, 0.15) is 77.2 Å². The molecule has 0 aromatic heterocycles. The average Bonchev–Trinajstić information content (AvgIpc) is 3.56. The molecule has 3 N–H and O–H groups in total. The summed E-state index contributed by atoms with van der Waals surface area (Å²) in [6.07, 6.45) is 4.94. The first-order valence-electron chi connectivity index (χ1n) is 16.9. The summed E-state index contributed by atoms with van der Waals surface area (Å²) in [5.41, 5.74) is 0.462. The number of benzene rings is 2. The van der Waals surface area contributed by atoms with Crippen molar-refractivity contribution in [2.24, 2.45) is 11.8 Å². The predicted octanol–water partition coefficient (Wildman–Crippen LogP) is 5.58. The van der Waals surface area contributed by atoms with Gasteiger partial charge in [-0.1, -0.05) is 68.1 Å². The van der Waals surface area contributed by atoms with Gasteiger partial charge in [-0.3, -0.25) is 24.1 Å². The first-order valence-corrected chi connectivity index (χ1v) is 17.6. The summed E-state index contributed by atoms with van der Waals surface area (Å²) in [7, 11) is 0. The highest BCUT2D eigenvalue weighted by Gasteiger charge is 2.44. The monoisotopic (exact) mass is 698 g/mol. The van der Waals surface area contributed by atoms with Gasteiger partial charge >= 0.3 is 6.09 Å². The second kappa shape index (κ2) is 15.7. The van der Waals surface area contributed by atoms with Crippen LogP contribution in [0.2, 0.25) is 10.0 Å². The van der Waals surface area contributed by atoms with Gasteiger partial charge in [0.1, 0.15) is 11.8 Å². The zero-order valence-electron chi connectivity index (χ0n) is 27.4. The molecule has 1 heterocycles. The van der Waals surface area contributed by atoms with Crippen LogP contribution in [0.3, 0.4) is 0 Å². The molecule has 1 saturated heterocycles. The molecular formula is C36H44Cl2N4O6. The van der Waals surface area contributed by atoms with Crippen molar-refractivity contribution in [3.63, 3.8) is 0 Å². The van der Waals surface area contributed by atoms with E-state index in [4.69, 9.17) is 27.9 Å². The molecule has 5 rings (SSSR count). The van der Waals surface area contributed by atoms with Crippen molar-refractivity contribution in [2.45, 2.75) is 95.2 Å². The van der Waals surface area contributed by atoms with E-state index >= 15 is 0 Å². The Kier molecular flexibility index (Phi) is 11.7. The van der Waals surface area contributed by atoms with Crippen LogP contribution in [0.5, 0.6) is 5.75 Å².